The van der Waals surface area contributed by atoms with Gasteiger partial charge >= 0.3 is 12.4 Å². The maximum absolute atomic E-state index is 14.2. The van der Waals surface area contributed by atoms with E-state index < -0.39 is 40.5 Å². The molecule has 3 rings (SSSR count). The van der Waals surface area contributed by atoms with Crippen LogP contribution in [0, 0.1) is 0 Å². The number of nitrogens with zero attached hydrogens (tertiary/aromatic N) is 2. The van der Waals surface area contributed by atoms with Gasteiger partial charge in [0.25, 0.3) is 5.60 Å². The van der Waals surface area contributed by atoms with E-state index in [-0.39, 0.29) is 28.7 Å². The molecule has 1 aliphatic rings. The Morgan fingerprint density at radius 2 is 1.79 bits per heavy atom. The predicted octanol–water partition coefficient (Wildman–Crippen LogP) is 6.96. The van der Waals surface area contributed by atoms with E-state index in [1.165, 1.54) is 24.0 Å². The number of alkyl halides is 6. The topological polar surface area (TPSA) is 41.9 Å². The molecule has 1 heterocycles. The number of hydrogen-bond acceptors (Lipinski definition) is 3. The zero-order valence-electron chi connectivity index (χ0n) is 17.8. The lowest BCUT2D eigenvalue weighted by atomic mass is 9.85. The number of halogens is 8. The van der Waals surface area contributed by atoms with Crippen LogP contribution in [0.1, 0.15) is 42.5 Å². The predicted molar refractivity (Wildman–Crippen MR) is 115 cm³/mol. The molecule has 0 aliphatic carbocycles. The summed E-state index contributed by atoms with van der Waals surface area (Å²) >= 11 is 12.0. The van der Waals surface area contributed by atoms with Gasteiger partial charge in [0.15, 0.2) is 0 Å². The molecule has 184 valence electrons. The number of hydrogen-bond donors (Lipinski definition) is 0. The van der Waals surface area contributed by atoms with E-state index in [4.69, 9.17) is 28.0 Å². The second-order valence-electron chi connectivity index (χ2n) is 7.70. The molecule has 0 bridgehead atoms. The summed E-state index contributed by atoms with van der Waals surface area (Å²) in [4.78, 5) is 18.0. The highest BCUT2D eigenvalue weighted by Crippen LogP contribution is 2.50. The molecule has 0 spiro atoms. The lowest BCUT2D eigenvalue weighted by Gasteiger charge is -2.30. The Hall–Kier alpha value is -2.46. The van der Waals surface area contributed by atoms with Crippen molar-refractivity contribution in [2.75, 3.05) is 6.54 Å². The third-order valence-corrected chi connectivity index (χ3v) is 6.02. The van der Waals surface area contributed by atoms with Crippen molar-refractivity contribution >= 4 is 34.8 Å². The number of amides is 1. The number of oxime groups is 1. The summed E-state index contributed by atoms with van der Waals surface area (Å²) in [6.45, 7) is 3.81. The van der Waals surface area contributed by atoms with E-state index in [0.29, 0.717) is 24.2 Å². The van der Waals surface area contributed by atoms with Crippen molar-refractivity contribution in [3.05, 3.63) is 68.7 Å². The molecule has 0 radical (unpaired) electrons. The highest BCUT2D eigenvalue weighted by atomic mass is 35.5. The van der Waals surface area contributed by atoms with E-state index in [9.17, 15) is 31.1 Å². The summed E-state index contributed by atoms with van der Waals surface area (Å²) in [6.07, 6.45) is -10.9. The summed E-state index contributed by atoms with van der Waals surface area (Å²) in [5.74, 6) is -0.175. The first-order valence-electron chi connectivity index (χ1n) is 9.92. The minimum atomic E-state index is -5.11. The summed E-state index contributed by atoms with van der Waals surface area (Å²) in [6, 6.07) is 6.04. The van der Waals surface area contributed by atoms with Crippen molar-refractivity contribution in [3.63, 3.8) is 0 Å². The molecule has 0 saturated heterocycles. The molecule has 1 unspecified atom stereocenters. The fourth-order valence-corrected chi connectivity index (χ4v) is 4.03. The highest BCUT2D eigenvalue weighted by Gasteiger charge is 2.62. The fraction of sp³-hybridized carbons (Fsp3) is 0.364. The first-order valence-corrected chi connectivity index (χ1v) is 10.7. The molecule has 4 nitrogen and oxygen atoms in total. The summed E-state index contributed by atoms with van der Waals surface area (Å²) in [5, 5.41) is 3.21. The van der Waals surface area contributed by atoms with Crippen LogP contribution in [0.4, 0.5) is 26.3 Å². The molecule has 0 saturated carbocycles. The summed E-state index contributed by atoms with van der Waals surface area (Å²) in [5.41, 5.74) is -4.71. The lowest BCUT2D eigenvalue weighted by Crippen LogP contribution is -2.42. The Morgan fingerprint density at radius 3 is 2.32 bits per heavy atom. The van der Waals surface area contributed by atoms with Gasteiger partial charge in [-0.1, -0.05) is 40.5 Å². The number of rotatable bonds is 5. The number of carbonyl (C=O) groups is 1. The third-order valence-electron chi connectivity index (χ3n) is 5.45. The van der Waals surface area contributed by atoms with Gasteiger partial charge in [0.2, 0.25) is 5.91 Å². The lowest BCUT2D eigenvalue weighted by molar-refractivity contribution is -0.276. The zero-order valence-corrected chi connectivity index (χ0v) is 19.3. The van der Waals surface area contributed by atoms with Crippen LogP contribution in [0.3, 0.4) is 0 Å². The van der Waals surface area contributed by atoms with Crippen LogP contribution in [-0.2, 0) is 28.0 Å². The van der Waals surface area contributed by atoms with Gasteiger partial charge in [-0.25, -0.2) is 0 Å². The monoisotopic (exact) mass is 526 g/mol. The Bertz CT molecular complexity index is 1130. The van der Waals surface area contributed by atoms with E-state index in [0.717, 1.165) is 6.07 Å². The largest absolute Gasteiger partial charge is 0.435 e. The molecule has 0 N–H and O–H groups in total. The fourth-order valence-electron chi connectivity index (χ4n) is 3.55. The van der Waals surface area contributed by atoms with Crippen LogP contribution in [0.5, 0.6) is 0 Å². The van der Waals surface area contributed by atoms with E-state index in [2.05, 4.69) is 5.16 Å². The van der Waals surface area contributed by atoms with Crippen LogP contribution in [0.2, 0.25) is 10.0 Å². The van der Waals surface area contributed by atoms with E-state index in [1.54, 1.807) is 13.0 Å². The Balaban J connectivity index is 1.96. The van der Waals surface area contributed by atoms with Gasteiger partial charge in [0.05, 0.1) is 11.3 Å². The van der Waals surface area contributed by atoms with Gasteiger partial charge in [-0.05, 0) is 36.8 Å². The maximum atomic E-state index is 14.2. The normalized spacial score (nSPS) is 18.5. The second-order valence-corrected chi connectivity index (χ2v) is 8.54. The Kier molecular flexibility index (Phi) is 7.15. The number of benzene rings is 2. The zero-order chi connectivity index (χ0) is 25.5. The SMILES string of the molecule is CCN(Cc1ccc(C2=NOC(c3cc(Cl)cc(C(F)(F)F)c3)(C(F)(F)F)C2)cc1Cl)C(C)=O. The van der Waals surface area contributed by atoms with Gasteiger partial charge in [0, 0.05) is 47.6 Å². The number of carbonyl (C=O) groups excluding carboxylic acids is 1. The quantitative estimate of drug-likeness (QED) is 0.395. The van der Waals surface area contributed by atoms with Crippen molar-refractivity contribution in [2.24, 2.45) is 5.16 Å². The Morgan fingerprint density at radius 1 is 1.12 bits per heavy atom. The molecule has 0 aromatic heterocycles. The molecule has 1 aliphatic heterocycles. The van der Waals surface area contributed by atoms with Crippen LogP contribution in [0.25, 0.3) is 0 Å². The Labute approximate surface area is 201 Å². The first-order chi connectivity index (χ1) is 15.7. The molecule has 0 fully saturated rings. The second kappa shape index (κ2) is 9.30. The van der Waals surface area contributed by atoms with Gasteiger partial charge < -0.3 is 9.74 Å². The molecule has 34 heavy (non-hydrogen) atoms. The molecule has 1 amide bonds. The molecule has 1 atom stereocenters. The van der Waals surface area contributed by atoms with Gasteiger partial charge in [0.1, 0.15) is 0 Å². The van der Waals surface area contributed by atoms with Crippen LogP contribution in [0.15, 0.2) is 41.6 Å². The van der Waals surface area contributed by atoms with Crippen molar-refractivity contribution in [1.82, 2.24) is 4.90 Å². The van der Waals surface area contributed by atoms with Crippen molar-refractivity contribution in [2.45, 2.75) is 44.8 Å². The average molecular weight is 527 g/mol. The summed E-state index contributed by atoms with van der Waals surface area (Å²) in [7, 11) is 0. The van der Waals surface area contributed by atoms with Gasteiger partial charge in [-0.15, -0.1) is 0 Å². The van der Waals surface area contributed by atoms with Gasteiger partial charge in [-0.3, -0.25) is 4.79 Å². The minimum Gasteiger partial charge on any atom is -0.374 e. The molecule has 12 heteroatoms. The van der Waals surface area contributed by atoms with Crippen molar-refractivity contribution < 1.29 is 36.0 Å². The van der Waals surface area contributed by atoms with Crippen molar-refractivity contribution in [1.29, 1.82) is 0 Å². The molecule has 2 aromatic carbocycles. The summed E-state index contributed by atoms with van der Waals surface area (Å²) < 4.78 is 82.1. The average Bonchev–Trinajstić information content (AvgIpc) is 3.18. The van der Waals surface area contributed by atoms with Gasteiger partial charge in [-0.2, -0.15) is 26.3 Å². The highest BCUT2D eigenvalue weighted by molar-refractivity contribution is 6.32. The van der Waals surface area contributed by atoms with Crippen LogP contribution < -0.4 is 0 Å². The molecular weight excluding hydrogens is 509 g/mol. The van der Waals surface area contributed by atoms with E-state index >= 15 is 0 Å². The maximum Gasteiger partial charge on any atom is 0.435 e. The van der Waals surface area contributed by atoms with Crippen LogP contribution in [-0.4, -0.2) is 29.2 Å². The van der Waals surface area contributed by atoms with Crippen molar-refractivity contribution in [3.8, 4) is 0 Å². The molecule has 2 aromatic rings. The third kappa shape index (κ3) is 5.12. The molecular formula is C22H18Cl2F6N2O2. The van der Waals surface area contributed by atoms with E-state index in [1.807, 2.05) is 0 Å². The minimum absolute atomic E-state index is 0.154. The first kappa shape index (κ1) is 26.2. The smallest absolute Gasteiger partial charge is 0.374 e. The standard InChI is InChI=1S/C22H18Cl2F6N2O2/c1-3-32(12(2)33)11-14-5-4-13(6-18(14)24)19-10-20(34-31-19,22(28,29)30)15-7-16(21(25,26)27)9-17(23)8-15/h4-9H,3,10-11H2,1-2H3. The van der Waals surface area contributed by atoms with Crippen LogP contribution >= 0.6 is 23.2 Å².